The molecule has 0 N–H and O–H groups in total. The van der Waals surface area contributed by atoms with Crippen molar-refractivity contribution >= 4 is 39.8 Å². The Labute approximate surface area is 166 Å². The van der Waals surface area contributed by atoms with Crippen LogP contribution in [0.4, 0.5) is 10.8 Å². The van der Waals surface area contributed by atoms with E-state index in [2.05, 4.69) is 28.6 Å². The predicted molar refractivity (Wildman–Crippen MR) is 109 cm³/mol. The lowest BCUT2D eigenvalue weighted by atomic mass is 10.1. The van der Waals surface area contributed by atoms with Gasteiger partial charge in [0.1, 0.15) is 6.33 Å². The molecule has 6 nitrogen and oxygen atoms in total. The summed E-state index contributed by atoms with van der Waals surface area (Å²) < 4.78 is 2.15. The molecule has 1 saturated carbocycles. The summed E-state index contributed by atoms with van der Waals surface area (Å²) in [6.45, 7) is 5.69. The Morgan fingerprint density at radius 2 is 2.15 bits per heavy atom. The van der Waals surface area contributed by atoms with E-state index in [4.69, 9.17) is 4.98 Å². The van der Waals surface area contributed by atoms with Crippen LogP contribution in [0.2, 0.25) is 0 Å². The summed E-state index contributed by atoms with van der Waals surface area (Å²) in [4.78, 5) is 18.7. The number of rotatable bonds is 6. The van der Waals surface area contributed by atoms with E-state index >= 15 is 0 Å². The Morgan fingerprint density at radius 3 is 2.85 bits per heavy atom. The van der Waals surface area contributed by atoms with Crippen LogP contribution in [0.3, 0.4) is 0 Å². The van der Waals surface area contributed by atoms with Gasteiger partial charge < -0.3 is 4.57 Å². The van der Waals surface area contributed by atoms with E-state index in [1.807, 2.05) is 29.9 Å². The Morgan fingerprint density at radius 1 is 1.33 bits per heavy atom. The Bertz CT molecular complexity index is 976. The second kappa shape index (κ2) is 7.44. The van der Waals surface area contributed by atoms with Crippen LogP contribution in [0.1, 0.15) is 42.6 Å². The van der Waals surface area contributed by atoms with E-state index in [1.54, 1.807) is 23.6 Å². The van der Waals surface area contributed by atoms with Gasteiger partial charge in [-0.2, -0.15) is 0 Å². The van der Waals surface area contributed by atoms with E-state index in [0.29, 0.717) is 16.9 Å². The molecule has 3 aromatic rings. The first kappa shape index (κ1) is 18.2. The van der Waals surface area contributed by atoms with Gasteiger partial charge in [0, 0.05) is 24.1 Å². The van der Waals surface area contributed by atoms with Crippen molar-refractivity contribution in [2.75, 3.05) is 4.90 Å². The smallest absolute Gasteiger partial charge is 0.230 e. The number of benzene rings is 1. The summed E-state index contributed by atoms with van der Waals surface area (Å²) in [7, 11) is 0. The van der Waals surface area contributed by atoms with Gasteiger partial charge in [0.2, 0.25) is 5.91 Å². The number of nitrogens with zero attached hydrogens (tertiary/aromatic N) is 5. The van der Waals surface area contributed by atoms with Gasteiger partial charge in [-0.25, -0.2) is 4.98 Å². The lowest BCUT2D eigenvalue weighted by Gasteiger charge is -2.19. The monoisotopic (exact) mass is 399 g/mol. The van der Waals surface area contributed by atoms with Crippen molar-refractivity contribution in [2.24, 2.45) is 0 Å². The van der Waals surface area contributed by atoms with Crippen molar-refractivity contribution in [1.29, 1.82) is 0 Å². The summed E-state index contributed by atoms with van der Waals surface area (Å²) in [6, 6.07) is 6.60. The third-order valence-electron chi connectivity index (χ3n) is 4.62. The molecule has 1 aliphatic carbocycles. The Hall–Kier alpha value is -2.19. The van der Waals surface area contributed by atoms with Crippen LogP contribution < -0.4 is 4.90 Å². The summed E-state index contributed by atoms with van der Waals surface area (Å²) in [5, 5.41) is 11.9. The van der Waals surface area contributed by atoms with Gasteiger partial charge in [0.15, 0.2) is 10.3 Å². The van der Waals surface area contributed by atoms with Crippen LogP contribution >= 0.6 is 23.1 Å². The SMILES string of the molecule is CC(=O)N(c1ccc(C)c(C)c1)c1nc(CSc2nncn2C2CC2)cs1. The highest BCUT2D eigenvalue weighted by atomic mass is 32.2. The van der Waals surface area contributed by atoms with E-state index in [1.165, 1.54) is 29.7 Å². The maximum atomic E-state index is 12.3. The highest BCUT2D eigenvalue weighted by Crippen LogP contribution is 2.38. The van der Waals surface area contributed by atoms with Crippen LogP contribution in [0.25, 0.3) is 0 Å². The number of anilines is 2. The second-order valence-corrected chi connectivity index (χ2v) is 8.56. The molecule has 2 aromatic heterocycles. The minimum absolute atomic E-state index is 0.0414. The van der Waals surface area contributed by atoms with Crippen molar-refractivity contribution in [2.45, 2.75) is 50.6 Å². The van der Waals surface area contributed by atoms with Gasteiger partial charge in [0.05, 0.1) is 11.4 Å². The first-order valence-corrected chi connectivity index (χ1v) is 10.7. The van der Waals surface area contributed by atoms with Gasteiger partial charge in [-0.3, -0.25) is 9.69 Å². The average Bonchev–Trinajstić information content (AvgIpc) is 3.19. The number of amides is 1. The van der Waals surface area contributed by atoms with E-state index < -0.39 is 0 Å². The van der Waals surface area contributed by atoms with Gasteiger partial charge in [-0.1, -0.05) is 17.8 Å². The number of aryl methyl sites for hydroxylation is 2. The van der Waals surface area contributed by atoms with Gasteiger partial charge in [0.25, 0.3) is 0 Å². The molecule has 140 valence electrons. The van der Waals surface area contributed by atoms with Crippen molar-refractivity contribution in [3.63, 3.8) is 0 Å². The number of carbonyl (C=O) groups is 1. The third kappa shape index (κ3) is 3.91. The minimum atomic E-state index is -0.0414. The second-order valence-electron chi connectivity index (χ2n) is 6.79. The minimum Gasteiger partial charge on any atom is -0.306 e. The third-order valence-corrected chi connectivity index (χ3v) is 6.49. The summed E-state index contributed by atoms with van der Waals surface area (Å²) in [5.41, 5.74) is 4.16. The fraction of sp³-hybridized carbons (Fsp3) is 0.368. The van der Waals surface area contributed by atoms with E-state index in [9.17, 15) is 4.79 Å². The van der Waals surface area contributed by atoms with Crippen LogP contribution in [0.15, 0.2) is 35.1 Å². The van der Waals surface area contributed by atoms with Crippen LogP contribution in [-0.4, -0.2) is 25.7 Å². The molecule has 0 radical (unpaired) electrons. The molecule has 4 rings (SSSR count). The molecule has 0 aliphatic heterocycles. The maximum absolute atomic E-state index is 12.3. The number of aromatic nitrogens is 4. The van der Waals surface area contributed by atoms with Crippen LogP contribution in [0.5, 0.6) is 0 Å². The maximum Gasteiger partial charge on any atom is 0.230 e. The molecule has 0 saturated heterocycles. The lowest BCUT2D eigenvalue weighted by molar-refractivity contribution is -0.115. The molecular weight excluding hydrogens is 378 g/mol. The molecular formula is C19H21N5OS2. The fourth-order valence-electron chi connectivity index (χ4n) is 2.83. The number of thiazole rings is 1. The standard InChI is InChI=1S/C19H21N5OS2/c1-12-4-5-17(8-13(12)2)24(14(3)25)18-21-15(9-26-18)10-27-19-22-20-11-23(19)16-6-7-16/h4-5,8-9,11,16H,6-7,10H2,1-3H3. The molecule has 1 amide bonds. The number of thioether (sulfide) groups is 1. The lowest BCUT2D eigenvalue weighted by Crippen LogP contribution is -2.22. The van der Waals surface area contributed by atoms with Crippen molar-refractivity contribution < 1.29 is 4.79 Å². The quantitative estimate of drug-likeness (QED) is 0.564. The first-order chi connectivity index (χ1) is 13.0. The average molecular weight is 400 g/mol. The molecule has 0 atom stereocenters. The first-order valence-electron chi connectivity index (χ1n) is 8.87. The summed E-state index contributed by atoms with van der Waals surface area (Å²) >= 11 is 3.13. The molecule has 0 spiro atoms. The van der Waals surface area contributed by atoms with Crippen molar-refractivity contribution in [3.05, 3.63) is 46.7 Å². The topological polar surface area (TPSA) is 63.9 Å². The van der Waals surface area contributed by atoms with E-state index in [0.717, 1.165) is 22.1 Å². The Balaban J connectivity index is 1.51. The number of hydrogen-bond donors (Lipinski definition) is 0. The largest absolute Gasteiger partial charge is 0.306 e. The van der Waals surface area contributed by atoms with Crippen molar-refractivity contribution in [3.8, 4) is 0 Å². The highest BCUT2D eigenvalue weighted by Gasteiger charge is 2.26. The number of hydrogen-bond acceptors (Lipinski definition) is 6. The molecule has 27 heavy (non-hydrogen) atoms. The van der Waals surface area contributed by atoms with Crippen LogP contribution in [-0.2, 0) is 10.5 Å². The predicted octanol–water partition coefficient (Wildman–Crippen LogP) is 4.66. The van der Waals surface area contributed by atoms with Crippen molar-refractivity contribution in [1.82, 2.24) is 19.7 Å². The van der Waals surface area contributed by atoms with Gasteiger partial charge in [-0.05, 0) is 49.9 Å². The zero-order valence-electron chi connectivity index (χ0n) is 15.5. The fourth-order valence-corrected chi connectivity index (χ4v) is 4.70. The number of carbonyl (C=O) groups excluding carboxylic acids is 1. The van der Waals surface area contributed by atoms with Crippen LogP contribution in [0, 0.1) is 13.8 Å². The normalized spacial score (nSPS) is 13.7. The summed E-state index contributed by atoms with van der Waals surface area (Å²) in [5.74, 6) is 0.668. The molecule has 0 unspecified atom stereocenters. The summed E-state index contributed by atoms with van der Waals surface area (Å²) in [6.07, 6.45) is 4.22. The van der Waals surface area contributed by atoms with E-state index in [-0.39, 0.29) is 5.91 Å². The molecule has 1 aliphatic rings. The zero-order valence-corrected chi connectivity index (χ0v) is 17.2. The molecule has 1 aromatic carbocycles. The molecule has 0 bridgehead atoms. The Kier molecular flexibility index (Phi) is 5.01. The highest BCUT2D eigenvalue weighted by molar-refractivity contribution is 7.98. The molecule has 1 fully saturated rings. The van der Waals surface area contributed by atoms with Gasteiger partial charge >= 0.3 is 0 Å². The van der Waals surface area contributed by atoms with Gasteiger partial charge in [-0.15, -0.1) is 21.5 Å². The zero-order chi connectivity index (χ0) is 19.0. The molecule has 8 heteroatoms. The molecule has 2 heterocycles.